The zero-order valence-corrected chi connectivity index (χ0v) is 11.0. The summed E-state index contributed by atoms with van der Waals surface area (Å²) >= 11 is 2.18. The molecule has 0 spiro atoms. The zero-order valence-electron chi connectivity index (χ0n) is 8.86. The molecule has 0 heterocycles. The first-order chi connectivity index (χ1) is 8.19. The maximum atomic E-state index is 13.0. The number of aliphatic hydroxyl groups excluding tert-OH is 1. The van der Waals surface area contributed by atoms with Crippen molar-refractivity contribution in [1.82, 2.24) is 0 Å². The van der Waals surface area contributed by atoms with Gasteiger partial charge in [-0.3, -0.25) is 0 Å². The van der Waals surface area contributed by atoms with E-state index in [1.807, 2.05) is 24.3 Å². The van der Waals surface area contributed by atoms with Crippen LogP contribution in [0, 0.1) is 9.39 Å². The van der Waals surface area contributed by atoms with E-state index in [9.17, 15) is 4.39 Å². The van der Waals surface area contributed by atoms with Gasteiger partial charge in [0, 0.05) is 9.13 Å². The van der Waals surface area contributed by atoms with Crippen LogP contribution in [0.5, 0.6) is 11.5 Å². The van der Waals surface area contributed by atoms with Gasteiger partial charge in [-0.15, -0.1) is 0 Å². The number of aliphatic hydroxyl groups is 1. The molecule has 0 fully saturated rings. The molecule has 0 saturated carbocycles. The third kappa shape index (κ3) is 3.17. The summed E-state index contributed by atoms with van der Waals surface area (Å²) in [6, 6.07) is 11.6. The molecular weight excluding hydrogens is 334 g/mol. The standard InChI is InChI=1S/C13H10FIO2/c14-10-4-5-13(9(6-10)8-16)17-12-3-1-2-11(15)7-12/h1-7,16H,8H2. The first kappa shape index (κ1) is 12.3. The second kappa shape index (κ2) is 5.46. The SMILES string of the molecule is OCc1cc(F)ccc1Oc1cccc(I)c1. The summed E-state index contributed by atoms with van der Waals surface area (Å²) in [6.45, 7) is -0.253. The normalized spacial score (nSPS) is 10.3. The summed E-state index contributed by atoms with van der Waals surface area (Å²) < 4.78 is 19.6. The molecule has 1 N–H and O–H groups in total. The number of hydrogen-bond acceptors (Lipinski definition) is 2. The van der Waals surface area contributed by atoms with Crippen molar-refractivity contribution in [1.29, 1.82) is 0 Å². The van der Waals surface area contributed by atoms with Crippen LogP contribution >= 0.6 is 22.6 Å². The average Bonchev–Trinajstić information content (AvgIpc) is 2.31. The van der Waals surface area contributed by atoms with Crippen LogP contribution < -0.4 is 4.74 Å². The Kier molecular flexibility index (Phi) is 3.96. The van der Waals surface area contributed by atoms with Gasteiger partial charge in [-0.1, -0.05) is 6.07 Å². The van der Waals surface area contributed by atoms with Crippen molar-refractivity contribution in [3.63, 3.8) is 0 Å². The third-order valence-electron chi connectivity index (χ3n) is 2.22. The molecule has 2 rings (SSSR count). The molecule has 0 aliphatic rings. The molecule has 0 atom stereocenters. The van der Waals surface area contributed by atoms with Gasteiger partial charge < -0.3 is 9.84 Å². The summed E-state index contributed by atoms with van der Waals surface area (Å²) in [4.78, 5) is 0. The second-order valence-electron chi connectivity index (χ2n) is 3.47. The number of halogens is 2. The molecule has 0 aromatic heterocycles. The van der Waals surface area contributed by atoms with Crippen LogP contribution in [0.2, 0.25) is 0 Å². The molecule has 2 nitrogen and oxygen atoms in total. The van der Waals surface area contributed by atoms with Crippen LogP contribution in [-0.2, 0) is 6.61 Å². The number of hydrogen-bond donors (Lipinski definition) is 1. The highest BCUT2D eigenvalue weighted by Gasteiger charge is 2.06. The fourth-order valence-corrected chi connectivity index (χ4v) is 1.94. The van der Waals surface area contributed by atoms with E-state index in [2.05, 4.69) is 22.6 Å². The average molecular weight is 344 g/mol. The molecular formula is C13H10FIO2. The van der Waals surface area contributed by atoms with Gasteiger partial charge in [0.25, 0.3) is 0 Å². The molecule has 0 aliphatic carbocycles. The Balaban J connectivity index is 2.29. The van der Waals surface area contributed by atoms with Crippen molar-refractivity contribution in [2.75, 3.05) is 0 Å². The van der Waals surface area contributed by atoms with Crippen LogP contribution in [0.3, 0.4) is 0 Å². The smallest absolute Gasteiger partial charge is 0.133 e. The first-order valence-electron chi connectivity index (χ1n) is 5.02. The highest BCUT2D eigenvalue weighted by atomic mass is 127. The number of rotatable bonds is 3. The van der Waals surface area contributed by atoms with E-state index < -0.39 is 0 Å². The Morgan fingerprint density at radius 1 is 1.18 bits per heavy atom. The van der Waals surface area contributed by atoms with Crippen LogP contribution in [0.15, 0.2) is 42.5 Å². The minimum atomic E-state index is -0.385. The van der Waals surface area contributed by atoms with Gasteiger partial charge in [-0.05, 0) is 59.0 Å². The molecule has 0 unspecified atom stereocenters. The Bertz CT molecular complexity index is 529. The van der Waals surface area contributed by atoms with E-state index in [-0.39, 0.29) is 12.4 Å². The first-order valence-corrected chi connectivity index (χ1v) is 6.09. The number of benzene rings is 2. The lowest BCUT2D eigenvalue weighted by molar-refractivity contribution is 0.276. The van der Waals surface area contributed by atoms with Crippen molar-refractivity contribution >= 4 is 22.6 Å². The summed E-state index contributed by atoms with van der Waals surface area (Å²) in [5, 5.41) is 9.13. The van der Waals surface area contributed by atoms with Crippen LogP contribution in [0.1, 0.15) is 5.56 Å². The monoisotopic (exact) mass is 344 g/mol. The highest BCUT2D eigenvalue weighted by Crippen LogP contribution is 2.27. The Morgan fingerprint density at radius 3 is 2.71 bits per heavy atom. The predicted octanol–water partition coefficient (Wildman–Crippen LogP) is 3.71. The molecule has 0 amide bonds. The number of ether oxygens (including phenoxy) is 1. The molecule has 17 heavy (non-hydrogen) atoms. The van der Waals surface area contributed by atoms with Gasteiger partial charge in [0.15, 0.2) is 0 Å². The van der Waals surface area contributed by atoms with Crippen LogP contribution in [0.4, 0.5) is 4.39 Å². The van der Waals surface area contributed by atoms with Gasteiger partial charge in [0.2, 0.25) is 0 Å². The third-order valence-corrected chi connectivity index (χ3v) is 2.89. The molecule has 0 saturated heterocycles. The second-order valence-corrected chi connectivity index (χ2v) is 4.72. The maximum Gasteiger partial charge on any atom is 0.133 e. The molecule has 88 valence electrons. The van der Waals surface area contributed by atoms with E-state index in [1.54, 1.807) is 0 Å². The summed E-state index contributed by atoms with van der Waals surface area (Å²) in [5.74, 6) is 0.748. The molecule has 4 heteroatoms. The van der Waals surface area contributed by atoms with E-state index >= 15 is 0 Å². The summed E-state index contributed by atoms with van der Waals surface area (Å²) in [5.41, 5.74) is 0.434. The van der Waals surface area contributed by atoms with Crippen molar-refractivity contribution in [2.45, 2.75) is 6.61 Å². The fourth-order valence-electron chi connectivity index (χ4n) is 1.43. The minimum Gasteiger partial charge on any atom is -0.457 e. The Morgan fingerprint density at radius 2 is 2.00 bits per heavy atom. The van der Waals surface area contributed by atoms with Crippen molar-refractivity contribution in [2.24, 2.45) is 0 Å². The summed E-state index contributed by atoms with van der Waals surface area (Å²) in [7, 11) is 0. The largest absolute Gasteiger partial charge is 0.457 e. The minimum absolute atomic E-state index is 0.253. The van der Waals surface area contributed by atoms with E-state index in [1.165, 1.54) is 18.2 Å². The molecule has 2 aromatic rings. The van der Waals surface area contributed by atoms with Crippen LogP contribution in [-0.4, -0.2) is 5.11 Å². The van der Waals surface area contributed by atoms with E-state index in [4.69, 9.17) is 9.84 Å². The molecule has 0 radical (unpaired) electrons. The van der Waals surface area contributed by atoms with Crippen molar-refractivity contribution < 1.29 is 14.2 Å². The van der Waals surface area contributed by atoms with E-state index in [0.29, 0.717) is 17.1 Å². The maximum absolute atomic E-state index is 13.0. The van der Waals surface area contributed by atoms with Gasteiger partial charge in [0.1, 0.15) is 17.3 Å². The molecule has 0 bridgehead atoms. The quantitative estimate of drug-likeness (QED) is 0.861. The van der Waals surface area contributed by atoms with Gasteiger partial charge >= 0.3 is 0 Å². The predicted molar refractivity (Wildman–Crippen MR) is 71.6 cm³/mol. The highest BCUT2D eigenvalue weighted by molar-refractivity contribution is 14.1. The summed E-state index contributed by atoms with van der Waals surface area (Å²) in [6.07, 6.45) is 0. The zero-order chi connectivity index (χ0) is 12.3. The lowest BCUT2D eigenvalue weighted by atomic mass is 10.2. The topological polar surface area (TPSA) is 29.5 Å². The van der Waals surface area contributed by atoms with Gasteiger partial charge in [-0.25, -0.2) is 4.39 Å². The fraction of sp³-hybridized carbons (Fsp3) is 0.0769. The van der Waals surface area contributed by atoms with Crippen LogP contribution in [0.25, 0.3) is 0 Å². The van der Waals surface area contributed by atoms with Gasteiger partial charge in [-0.2, -0.15) is 0 Å². The van der Waals surface area contributed by atoms with Crippen molar-refractivity contribution in [3.05, 3.63) is 57.4 Å². The Hall–Kier alpha value is -1.14. The Labute approximate surface area is 112 Å². The molecule has 0 aliphatic heterocycles. The van der Waals surface area contributed by atoms with E-state index in [0.717, 1.165) is 3.57 Å². The lowest BCUT2D eigenvalue weighted by Crippen LogP contribution is -1.93. The van der Waals surface area contributed by atoms with Gasteiger partial charge in [0.05, 0.1) is 6.61 Å². The van der Waals surface area contributed by atoms with Crippen molar-refractivity contribution in [3.8, 4) is 11.5 Å². The molecule has 2 aromatic carbocycles. The lowest BCUT2D eigenvalue weighted by Gasteiger charge is -2.09.